The van der Waals surface area contributed by atoms with Crippen molar-refractivity contribution in [1.82, 2.24) is 10.2 Å². The van der Waals surface area contributed by atoms with Gasteiger partial charge in [0.25, 0.3) is 0 Å². The van der Waals surface area contributed by atoms with E-state index >= 15 is 0 Å². The van der Waals surface area contributed by atoms with Gasteiger partial charge in [0.15, 0.2) is 0 Å². The van der Waals surface area contributed by atoms with Crippen LogP contribution in [0.25, 0.3) is 0 Å². The van der Waals surface area contributed by atoms with Crippen LogP contribution >= 0.6 is 0 Å². The lowest BCUT2D eigenvalue weighted by Gasteiger charge is -2.20. The van der Waals surface area contributed by atoms with Crippen molar-refractivity contribution in [1.29, 1.82) is 5.26 Å². The summed E-state index contributed by atoms with van der Waals surface area (Å²) in [7, 11) is 0. The van der Waals surface area contributed by atoms with Gasteiger partial charge in [-0.05, 0) is 30.8 Å². The van der Waals surface area contributed by atoms with Gasteiger partial charge in [-0.15, -0.1) is 0 Å². The van der Waals surface area contributed by atoms with Crippen LogP contribution in [-0.4, -0.2) is 31.1 Å². The molecule has 1 atom stereocenters. The second-order valence-corrected chi connectivity index (χ2v) is 4.67. The molecular formula is C15H20F3N3. The van der Waals surface area contributed by atoms with Gasteiger partial charge in [-0.2, -0.15) is 18.4 Å². The Balaban J connectivity index is 2.71. The minimum atomic E-state index is -4.39. The van der Waals surface area contributed by atoms with Crippen molar-refractivity contribution in [2.75, 3.05) is 26.2 Å². The molecule has 0 amide bonds. The summed E-state index contributed by atoms with van der Waals surface area (Å²) in [6, 6.07) is 6.17. The first-order valence-corrected chi connectivity index (χ1v) is 6.94. The number of alkyl halides is 3. The van der Waals surface area contributed by atoms with E-state index in [2.05, 4.69) is 10.2 Å². The Morgan fingerprint density at radius 2 is 1.95 bits per heavy atom. The Morgan fingerprint density at radius 1 is 1.29 bits per heavy atom. The van der Waals surface area contributed by atoms with Crippen molar-refractivity contribution in [2.24, 2.45) is 0 Å². The zero-order valence-corrected chi connectivity index (χ0v) is 12.2. The summed E-state index contributed by atoms with van der Waals surface area (Å²) >= 11 is 0. The Morgan fingerprint density at radius 3 is 2.48 bits per heavy atom. The largest absolute Gasteiger partial charge is 0.416 e. The maximum absolute atomic E-state index is 12.7. The molecule has 0 saturated heterocycles. The molecule has 1 rings (SSSR count). The van der Waals surface area contributed by atoms with Crippen LogP contribution in [0.5, 0.6) is 0 Å². The van der Waals surface area contributed by atoms with E-state index < -0.39 is 17.8 Å². The molecule has 0 aliphatic rings. The minimum absolute atomic E-state index is 0.340. The van der Waals surface area contributed by atoms with E-state index in [1.807, 2.05) is 19.9 Å². The highest BCUT2D eigenvalue weighted by molar-refractivity contribution is 5.30. The van der Waals surface area contributed by atoms with Crippen LogP contribution in [0.4, 0.5) is 13.2 Å². The predicted octanol–water partition coefficient (Wildman–Crippen LogP) is 3.20. The van der Waals surface area contributed by atoms with E-state index in [0.29, 0.717) is 12.1 Å². The molecule has 116 valence electrons. The Kier molecular flexibility index (Phi) is 6.66. The van der Waals surface area contributed by atoms with Crippen LogP contribution in [0.1, 0.15) is 31.0 Å². The highest BCUT2D eigenvalue weighted by Gasteiger charge is 2.30. The summed E-state index contributed by atoms with van der Waals surface area (Å²) in [4.78, 5) is 2.17. The van der Waals surface area contributed by atoms with Gasteiger partial charge >= 0.3 is 6.18 Å². The third-order valence-corrected chi connectivity index (χ3v) is 3.35. The highest BCUT2D eigenvalue weighted by Crippen LogP contribution is 2.30. The number of hydrogen-bond donors (Lipinski definition) is 1. The molecule has 0 aliphatic heterocycles. The summed E-state index contributed by atoms with van der Waals surface area (Å²) < 4.78 is 38.0. The number of hydrogen-bond acceptors (Lipinski definition) is 3. The summed E-state index contributed by atoms with van der Waals surface area (Å²) in [6.45, 7) is 7.19. The lowest BCUT2D eigenvalue weighted by molar-refractivity contribution is -0.137. The predicted molar refractivity (Wildman–Crippen MR) is 75.6 cm³/mol. The van der Waals surface area contributed by atoms with Gasteiger partial charge in [0.2, 0.25) is 0 Å². The van der Waals surface area contributed by atoms with Gasteiger partial charge in [0.05, 0.1) is 11.6 Å². The molecule has 0 saturated carbocycles. The molecule has 6 heteroatoms. The maximum atomic E-state index is 12.7. The second-order valence-electron chi connectivity index (χ2n) is 4.67. The summed E-state index contributed by atoms with van der Waals surface area (Å²) in [6.07, 6.45) is -4.39. The molecule has 0 radical (unpaired) electrons. The van der Waals surface area contributed by atoms with E-state index in [1.165, 1.54) is 12.1 Å². The average molecular weight is 299 g/mol. The van der Waals surface area contributed by atoms with Gasteiger partial charge in [-0.25, -0.2) is 0 Å². The van der Waals surface area contributed by atoms with Crippen molar-refractivity contribution < 1.29 is 13.2 Å². The van der Waals surface area contributed by atoms with E-state index in [1.54, 1.807) is 0 Å². The molecule has 0 fully saturated rings. The number of nitrogens with one attached hydrogen (secondary N) is 1. The van der Waals surface area contributed by atoms with Crippen molar-refractivity contribution >= 4 is 0 Å². The fraction of sp³-hybridized carbons (Fsp3) is 0.533. The average Bonchev–Trinajstić information content (AvgIpc) is 2.47. The Labute approximate surface area is 123 Å². The van der Waals surface area contributed by atoms with Crippen LogP contribution in [-0.2, 0) is 6.18 Å². The van der Waals surface area contributed by atoms with Crippen LogP contribution in [0.3, 0.4) is 0 Å². The molecule has 0 bridgehead atoms. The van der Waals surface area contributed by atoms with Crippen molar-refractivity contribution in [3.63, 3.8) is 0 Å². The number of rotatable bonds is 7. The zero-order valence-electron chi connectivity index (χ0n) is 12.2. The first-order valence-electron chi connectivity index (χ1n) is 6.94. The van der Waals surface area contributed by atoms with Crippen molar-refractivity contribution in [2.45, 2.75) is 26.1 Å². The van der Waals surface area contributed by atoms with Crippen LogP contribution in [0.15, 0.2) is 24.3 Å². The molecule has 0 aliphatic carbocycles. The topological polar surface area (TPSA) is 39.1 Å². The van der Waals surface area contributed by atoms with Gasteiger partial charge in [0.1, 0.15) is 6.04 Å². The third-order valence-electron chi connectivity index (χ3n) is 3.35. The zero-order chi connectivity index (χ0) is 15.9. The van der Waals surface area contributed by atoms with Crippen LogP contribution < -0.4 is 5.32 Å². The molecular weight excluding hydrogens is 279 g/mol. The second kappa shape index (κ2) is 8.01. The van der Waals surface area contributed by atoms with E-state index in [9.17, 15) is 13.2 Å². The van der Waals surface area contributed by atoms with Gasteiger partial charge in [-0.3, -0.25) is 5.32 Å². The third kappa shape index (κ3) is 5.37. The molecule has 3 nitrogen and oxygen atoms in total. The molecule has 21 heavy (non-hydrogen) atoms. The van der Waals surface area contributed by atoms with Crippen LogP contribution in [0.2, 0.25) is 0 Å². The van der Waals surface area contributed by atoms with Crippen molar-refractivity contribution in [3.05, 3.63) is 35.4 Å². The maximum Gasteiger partial charge on any atom is 0.416 e. The standard InChI is InChI=1S/C15H20F3N3/c1-3-21(4-2)9-8-20-14(11-19)12-6-5-7-13(10-12)15(16,17)18/h5-7,10,14,20H,3-4,8-9H2,1-2H3. The normalized spacial score (nSPS) is 13.2. The first kappa shape index (κ1) is 17.5. The van der Waals surface area contributed by atoms with Crippen LogP contribution in [0, 0.1) is 11.3 Å². The van der Waals surface area contributed by atoms with E-state index in [0.717, 1.165) is 31.8 Å². The fourth-order valence-corrected chi connectivity index (χ4v) is 2.04. The number of nitrogens with zero attached hydrogens (tertiary/aromatic N) is 2. The van der Waals surface area contributed by atoms with Crippen molar-refractivity contribution in [3.8, 4) is 6.07 Å². The van der Waals surface area contributed by atoms with Gasteiger partial charge in [0, 0.05) is 13.1 Å². The highest BCUT2D eigenvalue weighted by atomic mass is 19.4. The Bertz CT molecular complexity index is 476. The minimum Gasteiger partial charge on any atom is -0.303 e. The smallest absolute Gasteiger partial charge is 0.303 e. The SMILES string of the molecule is CCN(CC)CCNC(C#N)c1cccc(C(F)(F)F)c1. The molecule has 0 heterocycles. The fourth-order valence-electron chi connectivity index (χ4n) is 2.04. The monoisotopic (exact) mass is 299 g/mol. The molecule has 0 aromatic heterocycles. The number of halogens is 3. The molecule has 1 N–H and O–H groups in total. The molecule has 1 aromatic carbocycles. The summed E-state index contributed by atoms with van der Waals surface area (Å²) in [5.74, 6) is 0. The first-order chi connectivity index (χ1) is 9.92. The lowest BCUT2D eigenvalue weighted by atomic mass is 10.0. The molecule has 0 spiro atoms. The summed E-state index contributed by atoms with van der Waals surface area (Å²) in [5.41, 5.74) is -0.391. The quantitative estimate of drug-likeness (QED) is 0.840. The van der Waals surface area contributed by atoms with Gasteiger partial charge in [-0.1, -0.05) is 26.0 Å². The van der Waals surface area contributed by atoms with Gasteiger partial charge < -0.3 is 4.90 Å². The molecule has 1 unspecified atom stereocenters. The number of benzene rings is 1. The van der Waals surface area contributed by atoms with E-state index in [4.69, 9.17) is 5.26 Å². The lowest BCUT2D eigenvalue weighted by Crippen LogP contribution is -2.33. The number of likely N-dealkylation sites (N-methyl/N-ethyl adjacent to an activating group) is 1. The molecule has 1 aromatic rings. The number of nitriles is 1. The summed E-state index contributed by atoms with van der Waals surface area (Å²) in [5, 5.41) is 12.1. The van der Waals surface area contributed by atoms with E-state index in [-0.39, 0.29) is 0 Å². The Hall–Kier alpha value is -1.58.